The van der Waals surface area contributed by atoms with E-state index in [9.17, 15) is 18.0 Å². The van der Waals surface area contributed by atoms with E-state index in [1.165, 1.54) is 0 Å². The predicted molar refractivity (Wildman–Crippen MR) is 119 cm³/mol. The Bertz CT molecular complexity index is 995. The molecule has 31 heavy (non-hydrogen) atoms. The molecular formula is C22H29N3O5S. The number of hydrogen-bond acceptors (Lipinski definition) is 5. The minimum Gasteiger partial charge on any atom is -0.493 e. The lowest BCUT2D eigenvalue weighted by atomic mass is 9.87. The molecule has 0 heterocycles. The lowest BCUT2D eigenvalue weighted by Crippen LogP contribution is -2.28. The maximum atomic E-state index is 12.4. The van der Waals surface area contributed by atoms with Crippen molar-refractivity contribution in [1.82, 2.24) is 4.72 Å². The maximum absolute atomic E-state index is 12.4. The van der Waals surface area contributed by atoms with Gasteiger partial charge in [0, 0.05) is 18.7 Å². The second-order valence-corrected chi connectivity index (χ2v) is 9.83. The number of anilines is 1. The molecule has 2 aromatic carbocycles. The highest BCUT2D eigenvalue weighted by molar-refractivity contribution is 7.89. The van der Waals surface area contributed by atoms with Crippen LogP contribution in [0.15, 0.2) is 53.4 Å². The van der Waals surface area contributed by atoms with Crippen molar-refractivity contribution in [1.29, 1.82) is 0 Å². The van der Waals surface area contributed by atoms with Crippen LogP contribution in [-0.4, -0.2) is 33.4 Å². The summed E-state index contributed by atoms with van der Waals surface area (Å²) in [6.45, 7) is 6.32. The number of amides is 2. The van der Waals surface area contributed by atoms with E-state index in [1.807, 2.05) is 0 Å². The lowest BCUT2D eigenvalue weighted by molar-refractivity contribution is -0.118. The van der Waals surface area contributed by atoms with Crippen molar-refractivity contribution >= 4 is 27.5 Å². The Labute approximate surface area is 183 Å². The van der Waals surface area contributed by atoms with Crippen LogP contribution in [0.1, 0.15) is 39.2 Å². The van der Waals surface area contributed by atoms with E-state index in [2.05, 4.69) is 30.8 Å². The molecule has 0 aliphatic rings. The minimum absolute atomic E-state index is 0.0177. The molecule has 2 amide bonds. The number of rotatable bonds is 10. The van der Waals surface area contributed by atoms with Crippen LogP contribution in [0.25, 0.3) is 0 Å². The average molecular weight is 448 g/mol. The molecule has 0 aromatic heterocycles. The molecular weight excluding hydrogens is 418 g/mol. The molecule has 168 valence electrons. The third kappa shape index (κ3) is 8.03. The summed E-state index contributed by atoms with van der Waals surface area (Å²) in [5.74, 6) is -0.223. The second-order valence-electron chi connectivity index (χ2n) is 8.06. The van der Waals surface area contributed by atoms with Gasteiger partial charge in [-0.25, -0.2) is 13.1 Å². The first-order chi connectivity index (χ1) is 14.5. The molecule has 0 unspecified atom stereocenters. The summed E-state index contributed by atoms with van der Waals surface area (Å²) in [4.78, 5) is 22.9. The molecule has 2 aromatic rings. The highest BCUT2D eigenvalue weighted by Crippen LogP contribution is 2.23. The first-order valence-electron chi connectivity index (χ1n) is 9.88. The van der Waals surface area contributed by atoms with Gasteiger partial charge in [-0.3, -0.25) is 9.59 Å². The Hall–Kier alpha value is -2.91. The number of carbonyl (C=O) groups excluding carboxylic acids is 2. The average Bonchev–Trinajstić information content (AvgIpc) is 2.68. The zero-order valence-electron chi connectivity index (χ0n) is 18.0. The predicted octanol–water partition coefficient (Wildman–Crippen LogP) is 2.55. The van der Waals surface area contributed by atoms with E-state index in [-0.39, 0.29) is 42.2 Å². The standard InChI is InChI=1S/C22H29N3O5S/c1-22(2,3)16-4-10-19(11-5-16)31(28,29)24-14-12-21(27)25-17-6-8-18(9-7-17)30-15-13-20(23)26/h4-11,24H,12-15H2,1-3H3,(H2,23,26)(H,25,27). The van der Waals surface area contributed by atoms with Gasteiger partial charge in [0.25, 0.3) is 0 Å². The van der Waals surface area contributed by atoms with Gasteiger partial charge in [0.2, 0.25) is 21.8 Å². The molecule has 0 saturated carbocycles. The third-order valence-electron chi connectivity index (χ3n) is 4.43. The molecule has 0 spiro atoms. The van der Waals surface area contributed by atoms with Crippen molar-refractivity contribution < 1.29 is 22.7 Å². The first kappa shape index (κ1) is 24.4. The topological polar surface area (TPSA) is 128 Å². The summed E-state index contributed by atoms with van der Waals surface area (Å²) in [5.41, 5.74) is 6.57. The smallest absolute Gasteiger partial charge is 0.240 e. The molecule has 0 fully saturated rings. The van der Waals surface area contributed by atoms with Crippen LogP contribution in [0.4, 0.5) is 5.69 Å². The fourth-order valence-corrected chi connectivity index (χ4v) is 3.68. The van der Waals surface area contributed by atoms with Gasteiger partial charge in [-0.1, -0.05) is 32.9 Å². The molecule has 0 aliphatic carbocycles. The summed E-state index contributed by atoms with van der Waals surface area (Å²) in [6, 6.07) is 13.3. The lowest BCUT2D eigenvalue weighted by Gasteiger charge is -2.19. The van der Waals surface area contributed by atoms with E-state index >= 15 is 0 Å². The van der Waals surface area contributed by atoms with E-state index in [0.29, 0.717) is 11.4 Å². The van der Waals surface area contributed by atoms with E-state index < -0.39 is 15.9 Å². The van der Waals surface area contributed by atoms with Gasteiger partial charge in [-0.2, -0.15) is 0 Å². The summed E-state index contributed by atoms with van der Waals surface area (Å²) in [5, 5.41) is 2.69. The third-order valence-corrected chi connectivity index (χ3v) is 5.91. The van der Waals surface area contributed by atoms with E-state index in [1.54, 1.807) is 48.5 Å². The van der Waals surface area contributed by atoms with Crippen molar-refractivity contribution in [3.8, 4) is 5.75 Å². The molecule has 0 saturated heterocycles. The van der Waals surface area contributed by atoms with Crippen molar-refractivity contribution in [2.45, 2.75) is 43.9 Å². The first-order valence-corrected chi connectivity index (χ1v) is 11.4. The quantitative estimate of drug-likeness (QED) is 0.516. The van der Waals surface area contributed by atoms with Crippen LogP contribution in [-0.2, 0) is 25.0 Å². The van der Waals surface area contributed by atoms with Crippen LogP contribution < -0.4 is 20.5 Å². The maximum Gasteiger partial charge on any atom is 0.240 e. The number of hydrogen-bond donors (Lipinski definition) is 3. The van der Waals surface area contributed by atoms with E-state index in [0.717, 1.165) is 5.56 Å². The number of nitrogens with one attached hydrogen (secondary N) is 2. The minimum atomic E-state index is -3.69. The van der Waals surface area contributed by atoms with Crippen LogP contribution in [0.5, 0.6) is 5.75 Å². The Morgan fingerprint density at radius 1 is 0.968 bits per heavy atom. The number of sulfonamides is 1. The number of nitrogens with two attached hydrogens (primary N) is 1. The second kappa shape index (κ2) is 10.4. The Balaban J connectivity index is 1.81. The number of ether oxygens (including phenoxy) is 1. The van der Waals surface area contributed by atoms with Crippen LogP contribution in [0, 0.1) is 0 Å². The largest absolute Gasteiger partial charge is 0.493 e. The molecule has 4 N–H and O–H groups in total. The van der Waals surface area contributed by atoms with Gasteiger partial charge in [0.15, 0.2) is 0 Å². The Kier molecular flexibility index (Phi) is 8.18. The highest BCUT2D eigenvalue weighted by atomic mass is 32.2. The van der Waals surface area contributed by atoms with Gasteiger partial charge in [0.05, 0.1) is 17.9 Å². The molecule has 9 heteroatoms. The monoisotopic (exact) mass is 447 g/mol. The van der Waals surface area contributed by atoms with Gasteiger partial charge in [0.1, 0.15) is 5.75 Å². The van der Waals surface area contributed by atoms with Crippen LogP contribution in [0.2, 0.25) is 0 Å². The van der Waals surface area contributed by atoms with Gasteiger partial charge >= 0.3 is 0 Å². The summed E-state index contributed by atoms with van der Waals surface area (Å²) in [7, 11) is -3.69. The number of carbonyl (C=O) groups is 2. The van der Waals surface area contributed by atoms with Crippen molar-refractivity contribution in [3.63, 3.8) is 0 Å². The fourth-order valence-electron chi connectivity index (χ4n) is 2.64. The van der Waals surface area contributed by atoms with E-state index in [4.69, 9.17) is 10.5 Å². The number of benzene rings is 2. The van der Waals surface area contributed by atoms with Crippen molar-refractivity contribution in [2.24, 2.45) is 5.73 Å². The molecule has 0 atom stereocenters. The molecule has 0 bridgehead atoms. The van der Waals surface area contributed by atoms with Gasteiger partial charge < -0.3 is 15.8 Å². The summed E-state index contributed by atoms with van der Waals surface area (Å²) < 4.78 is 32.6. The Morgan fingerprint density at radius 2 is 1.58 bits per heavy atom. The molecule has 0 radical (unpaired) electrons. The van der Waals surface area contributed by atoms with Crippen LogP contribution >= 0.6 is 0 Å². The Morgan fingerprint density at radius 3 is 2.13 bits per heavy atom. The zero-order chi connectivity index (χ0) is 23.1. The van der Waals surface area contributed by atoms with Crippen molar-refractivity contribution in [2.75, 3.05) is 18.5 Å². The molecule has 0 aliphatic heterocycles. The van der Waals surface area contributed by atoms with Crippen molar-refractivity contribution in [3.05, 3.63) is 54.1 Å². The SMILES string of the molecule is CC(C)(C)c1ccc(S(=O)(=O)NCCC(=O)Nc2ccc(OCCC(N)=O)cc2)cc1. The molecule has 2 rings (SSSR count). The van der Waals surface area contributed by atoms with Gasteiger partial charge in [-0.15, -0.1) is 0 Å². The summed E-state index contributed by atoms with van der Waals surface area (Å²) >= 11 is 0. The number of primary amides is 1. The van der Waals surface area contributed by atoms with Gasteiger partial charge in [-0.05, 0) is 47.4 Å². The fraction of sp³-hybridized carbons (Fsp3) is 0.364. The summed E-state index contributed by atoms with van der Waals surface area (Å²) in [6.07, 6.45) is 0.102. The zero-order valence-corrected chi connectivity index (χ0v) is 18.8. The normalized spacial score (nSPS) is 11.7. The highest BCUT2D eigenvalue weighted by Gasteiger charge is 2.17. The van der Waals surface area contributed by atoms with Crippen LogP contribution in [0.3, 0.4) is 0 Å². The molecule has 8 nitrogen and oxygen atoms in total.